The lowest BCUT2D eigenvalue weighted by molar-refractivity contribution is 0.231. The number of hydrogen-bond donors (Lipinski definition) is 1. The standard InChI is InChI=1S/C15H20BrNO3S/c1-11-5-8-13(9-6-11)21(18,19)20-15-10-7-12(17)3-2-4-14(15)16/h4-6,8-9,12,15H,2-3,7,10,17H2,1H3/b14-4+/t12-,15+/m1/s1. The monoisotopic (exact) mass is 373 g/mol. The van der Waals surface area contributed by atoms with Gasteiger partial charge in [-0.05, 0) is 44.7 Å². The summed E-state index contributed by atoms with van der Waals surface area (Å²) in [5.41, 5.74) is 6.96. The molecule has 0 heterocycles. The number of hydrogen-bond acceptors (Lipinski definition) is 4. The van der Waals surface area contributed by atoms with Crippen molar-refractivity contribution in [3.8, 4) is 0 Å². The summed E-state index contributed by atoms with van der Waals surface area (Å²) >= 11 is 3.43. The van der Waals surface area contributed by atoms with Gasteiger partial charge in [0.25, 0.3) is 10.1 Å². The first-order valence-corrected chi connectivity index (χ1v) is 9.20. The van der Waals surface area contributed by atoms with Crippen LogP contribution in [-0.4, -0.2) is 20.6 Å². The van der Waals surface area contributed by atoms with Crippen molar-refractivity contribution in [2.24, 2.45) is 5.73 Å². The molecule has 1 aliphatic carbocycles. The lowest BCUT2D eigenvalue weighted by Crippen LogP contribution is -2.26. The Morgan fingerprint density at radius 1 is 1.19 bits per heavy atom. The fraction of sp³-hybridized carbons (Fsp3) is 0.467. The molecule has 0 spiro atoms. The van der Waals surface area contributed by atoms with Crippen molar-refractivity contribution in [2.75, 3.05) is 0 Å². The van der Waals surface area contributed by atoms with E-state index in [-0.39, 0.29) is 10.9 Å². The van der Waals surface area contributed by atoms with Gasteiger partial charge in [0.2, 0.25) is 0 Å². The molecular formula is C15H20BrNO3S. The van der Waals surface area contributed by atoms with E-state index in [1.54, 1.807) is 24.3 Å². The van der Waals surface area contributed by atoms with Crippen molar-refractivity contribution in [1.29, 1.82) is 0 Å². The molecule has 0 saturated heterocycles. The van der Waals surface area contributed by atoms with Gasteiger partial charge in [-0.15, -0.1) is 0 Å². The Kier molecular flexibility index (Phi) is 5.60. The van der Waals surface area contributed by atoms with E-state index in [1.165, 1.54) is 0 Å². The molecule has 0 fully saturated rings. The predicted octanol–water partition coefficient (Wildman–Crippen LogP) is 3.25. The smallest absolute Gasteiger partial charge is 0.297 e. The maximum absolute atomic E-state index is 12.3. The third-order valence-corrected chi connectivity index (χ3v) is 5.71. The molecular weight excluding hydrogens is 354 g/mol. The molecule has 1 aromatic rings. The lowest BCUT2D eigenvalue weighted by atomic mass is 10.0. The minimum atomic E-state index is -3.77. The average molecular weight is 374 g/mol. The van der Waals surface area contributed by atoms with Crippen molar-refractivity contribution in [3.05, 3.63) is 40.4 Å². The van der Waals surface area contributed by atoms with Crippen LogP contribution in [0.15, 0.2) is 39.7 Å². The van der Waals surface area contributed by atoms with Crippen LogP contribution in [0.3, 0.4) is 0 Å². The first-order chi connectivity index (χ1) is 9.88. The first-order valence-electron chi connectivity index (χ1n) is 6.99. The Hall–Kier alpha value is -0.690. The highest BCUT2D eigenvalue weighted by molar-refractivity contribution is 9.11. The van der Waals surface area contributed by atoms with Gasteiger partial charge in [0, 0.05) is 10.5 Å². The van der Waals surface area contributed by atoms with Crippen LogP contribution in [0, 0.1) is 6.92 Å². The first kappa shape index (κ1) is 16.7. The summed E-state index contributed by atoms with van der Waals surface area (Å²) in [6.07, 6.45) is 4.52. The highest BCUT2D eigenvalue weighted by Crippen LogP contribution is 2.27. The molecule has 0 aliphatic heterocycles. The lowest BCUT2D eigenvalue weighted by Gasteiger charge is -2.22. The quantitative estimate of drug-likeness (QED) is 0.825. The molecule has 0 amide bonds. The van der Waals surface area contributed by atoms with Gasteiger partial charge < -0.3 is 5.73 Å². The summed E-state index contributed by atoms with van der Waals surface area (Å²) in [5, 5.41) is 0. The van der Waals surface area contributed by atoms with Crippen molar-refractivity contribution < 1.29 is 12.6 Å². The molecule has 0 aromatic heterocycles. The second kappa shape index (κ2) is 7.05. The number of aryl methyl sites for hydroxylation is 1. The molecule has 21 heavy (non-hydrogen) atoms. The van der Waals surface area contributed by atoms with E-state index in [0.717, 1.165) is 29.3 Å². The molecule has 0 bridgehead atoms. The second-order valence-corrected chi connectivity index (χ2v) is 7.84. The van der Waals surface area contributed by atoms with E-state index in [4.69, 9.17) is 9.92 Å². The Bertz CT molecular complexity index is 610. The Labute approximate surface area is 134 Å². The number of halogens is 1. The van der Waals surface area contributed by atoms with Gasteiger partial charge in [-0.1, -0.05) is 39.7 Å². The van der Waals surface area contributed by atoms with Gasteiger partial charge in [-0.3, -0.25) is 4.18 Å². The molecule has 4 nitrogen and oxygen atoms in total. The van der Waals surface area contributed by atoms with Crippen LogP contribution in [-0.2, 0) is 14.3 Å². The Morgan fingerprint density at radius 3 is 2.52 bits per heavy atom. The van der Waals surface area contributed by atoms with E-state index < -0.39 is 16.2 Å². The highest BCUT2D eigenvalue weighted by Gasteiger charge is 2.25. The van der Waals surface area contributed by atoms with Gasteiger partial charge in [0.05, 0.1) is 4.90 Å². The van der Waals surface area contributed by atoms with E-state index in [2.05, 4.69) is 15.9 Å². The fourth-order valence-corrected chi connectivity index (χ4v) is 3.98. The Balaban J connectivity index is 2.18. The zero-order valence-corrected chi connectivity index (χ0v) is 14.4. The molecule has 1 aromatic carbocycles. The topological polar surface area (TPSA) is 69.4 Å². The van der Waals surface area contributed by atoms with Crippen LogP contribution in [0.25, 0.3) is 0 Å². The van der Waals surface area contributed by atoms with Gasteiger partial charge in [0.15, 0.2) is 0 Å². The fourth-order valence-electron chi connectivity index (χ4n) is 2.22. The predicted molar refractivity (Wildman–Crippen MR) is 86.7 cm³/mol. The summed E-state index contributed by atoms with van der Waals surface area (Å²) in [6.45, 7) is 1.91. The van der Waals surface area contributed by atoms with Crippen molar-refractivity contribution in [3.63, 3.8) is 0 Å². The van der Waals surface area contributed by atoms with Crippen LogP contribution in [0.4, 0.5) is 0 Å². The molecule has 0 unspecified atom stereocenters. The number of benzene rings is 1. The zero-order valence-electron chi connectivity index (χ0n) is 12.0. The summed E-state index contributed by atoms with van der Waals surface area (Å²) in [6, 6.07) is 6.74. The van der Waals surface area contributed by atoms with E-state index >= 15 is 0 Å². The van der Waals surface area contributed by atoms with E-state index in [1.807, 2.05) is 13.0 Å². The Morgan fingerprint density at radius 2 is 1.86 bits per heavy atom. The normalized spacial score (nSPS) is 26.5. The minimum absolute atomic E-state index is 0.0926. The summed E-state index contributed by atoms with van der Waals surface area (Å²) < 4.78 is 30.9. The van der Waals surface area contributed by atoms with Gasteiger partial charge in [-0.2, -0.15) is 8.42 Å². The zero-order chi connectivity index (χ0) is 15.5. The molecule has 2 rings (SSSR count). The maximum Gasteiger partial charge on any atom is 0.297 e. The van der Waals surface area contributed by atoms with Crippen LogP contribution in [0.2, 0.25) is 0 Å². The highest BCUT2D eigenvalue weighted by atomic mass is 79.9. The average Bonchev–Trinajstić information content (AvgIpc) is 2.42. The third-order valence-electron chi connectivity index (χ3n) is 3.54. The molecule has 2 N–H and O–H groups in total. The number of nitrogens with two attached hydrogens (primary N) is 1. The van der Waals surface area contributed by atoms with Crippen LogP contribution in [0.1, 0.15) is 31.2 Å². The third kappa shape index (κ3) is 4.64. The molecule has 0 saturated carbocycles. The SMILES string of the molecule is Cc1ccc(S(=O)(=O)O[C@H]2CC[C@H](N)CC/C=C\2Br)cc1. The van der Waals surface area contributed by atoms with Gasteiger partial charge >= 0.3 is 0 Å². The molecule has 0 radical (unpaired) electrons. The molecule has 2 atom stereocenters. The van der Waals surface area contributed by atoms with Crippen LogP contribution >= 0.6 is 15.9 Å². The minimum Gasteiger partial charge on any atom is -0.328 e. The van der Waals surface area contributed by atoms with Crippen LogP contribution < -0.4 is 5.73 Å². The van der Waals surface area contributed by atoms with Crippen molar-refractivity contribution >= 4 is 26.0 Å². The van der Waals surface area contributed by atoms with E-state index in [9.17, 15) is 8.42 Å². The van der Waals surface area contributed by atoms with Crippen LogP contribution in [0.5, 0.6) is 0 Å². The van der Waals surface area contributed by atoms with Crippen molar-refractivity contribution in [2.45, 2.75) is 49.6 Å². The van der Waals surface area contributed by atoms with Gasteiger partial charge in [-0.25, -0.2) is 0 Å². The molecule has 116 valence electrons. The largest absolute Gasteiger partial charge is 0.328 e. The number of rotatable bonds is 3. The summed E-state index contributed by atoms with van der Waals surface area (Å²) in [4.78, 5) is 0.180. The molecule has 1 aliphatic rings. The second-order valence-electron chi connectivity index (χ2n) is 5.36. The van der Waals surface area contributed by atoms with E-state index in [0.29, 0.717) is 6.42 Å². The maximum atomic E-state index is 12.3. The van der Waals surface area contributed by atoms with Crippen molar-refractivity contribution in [1.82, 2.24) is 0 Å². The molecule has 6 heteroatoms. The summed E-state index contributed by atoms with van der Waals surface area (Å²) in [5.74, 6) is 0. The number of allylic oxidation sites excluding steroid dienone is 1. The summed E-state index contributed by atoms with van der Waals surface area (Å²) in [7, 11) is -3.77. The van der Waals surface area contributed by atoms with Gasteiger partial charge in [0.1, 0.15) is 6.10 Å².